The van der Waals surface area contributed by atoms with Crippen molar-refractivity contribution < 1.29 is 16.8 Å². The van der Waals surface area contributed by atoms with Crippen LogP contribution in [-0.2, 0) is 6.42 Å². The molecule has 74 valence electrons. The van der Waals surface area contributed by atoms with Crippen molar-refractivity contribution in [3.05, 3.63) is 30.1 Å². The Morgan fingerprint density at radius 2 is 1.77 bits per heavy atom. The maximum Gasteiger partial charge on any atom is 0.755 e. The Kier molecular flexibility index (Phi) is 5.55. The van der Waals surface area contributed by atoms with Crippen LogP contribution in [0.4, 0.5) is 16.8 Å². The Hall–Kier alpha value is -0.700. The average molecular weight is 214 g/mol. The lowest BCUT2D eigenvalue weighted by molar-refractivity contribution is 0.489. The molecule has 0 radical (unpaired) electrons. The molecule has 0 unspecified atom stereocenters. The van der Waals surface area contributed by atoms with Crippen LogP contribution in [0.3, 0.4) is 0 Å². The Morgan fingerprint density at radius 1 is 1.23 bits per heavy atom. The number of hydrogen-bond acceptors (Lipinski definition) is 1. The van der Waals surface area contributed by atoms with Gasteiger partial charge in [0.2, 0.25) is 0 Å². The smallest absolute Gasteiger partial charge is 0.261 e. The van der Waals surface area contributed by atoms with E-state index < -0.39 is 8.51 Å². The molecule has 0 spiro atoms. The van der Waals surface area contributed by atoms with Crippen LogP contribution in [0.15, 0.2) is 24.4 Å². The van der Waals surface area contributed by atoms with E-state index in [0.717, 1.165) is 12.1 Å². The minimum Gasteiger partial charge on any atom is -0.261 e. The summed E-state index contributed by atoms with van der Waals surface area (Å²) < 4.78 is 39.2. The lowest BCUT2D eigenvalue weighted by Crippen LogP contribution is -1.81. The molecule has 1 aromatic heterocycles. The van der Waals surface area contributed by atoms with E-state index in [1.54, 1.807) is 0 Å². The fourth-order valence-electron chi connectivity index (χ4n) is 0.607. The second-order valence-corrected chi connectivity index (χ2v) is 2.82. The van der Waals surface area contributed by atoms with Crippen LogP contribution in [0, 0.1) is 0 Å². The molecule has 13 heavy (non-hydrogen) atoms. The second kappa shape index (κ2) is 5.86. The van der Waals surface area contributed by atoms with Crippen LogP contribution >= 0.6 is 8.51 Å². The van der Waals surface area contributed by atoms with Crippen molar-refractivity contribution in [1.82, 2.24) is 4.98 Å². The highest BCUT2D eigenvalue weighted by Crippen LogP contribution is 2.65. The molecule has 1 nitrogen and oxygen atoms in total. The van der Waals surface area contributed by atoms with Crippen LogP contribution in [0.25, 0.3) is 0 Å². The van der Waals surface area contributed by atoms with Crippen molar-refractivity contribution in [2.75, 3.05) is 0 Å². The van der Waals surface area contributed by atoms with Crippen molar-refractivity contribution in [2.24, 2.45) is 0 Å². The minimum absolute atomic E-state index is 1.03. The first-order valence-corrected chi connectivity index (χ1v) is 4.86. The van der Waals surface area contributed by atoms with E-state index in [1.807, 2.05) is 24.4 Å². The quantitative estimate of drug-likeness (QED) is 0.504. The summed E-state index contributed by atoms with van der Waals surface area (Å²) in [5.74, 6) is 0. The summed E-state index contributed by atoms with van der Waals surface area (Å²) in [7, 11) is -6.39. The van der Waals surface area contributed by atoms with E-state index in [0.29, 0.717) is 0 Å². The molecule has 0 aliphatic rings. The maximum atomic E-state index is 9.80. The number of aromatic nitrogens is 1. The highest BCUT2D eigenvalue weighted by atomic mass is 31.3. The van der Waals surface area contributed by atoms with Gasteiger partial charge >= 0.3 is 8.51 Å². The zero-order chi connectivity index (χ0) is 10.3. The van der Waals surface area contributed by atoms with Gasteiger partial charge in [-0.3, -0.25) is 4.98 Å². The number of hydrogen-bond donors (Lipinski definition) is 0. The molecule has 0 fully saturated rings. The summed E-state index contributed by atoms with van der Waals surface area (Å²) in [5, 5.41) is 0. The molecular formula is C7H9F4NP+. The summed E-state index contributed by atoms with van der Waals surface area (Å²) in [5.41, 5.74) is 1.16. The monoisotopic (exact) mass is 214 g/mol. The fraction of sp³-hybridized carbons (Fsp3) is 0.286. The van der Waals surface area contributed by atoms with E-state index in [9.17, 15) is 16.8 Å². The lowest BCUT2D eigenvalue weighted by Gasteiger charge is -1.88. The van der Waals surface area contributed by atoms with E-state index in [-0.39, 0.29) is 0 Å². The predicted octanol–water partition coefficient (Wildman–Crippen LogP) is 4.19. The van der Waals surface area contributed by atoms with Gasteiger partial charge in [0.1, 0.15) is 0 Å². The lowest BCUT2D eigenvalue weighted by atomic mass is 10.3. The van der Waals surface area contributed by atoms with Crippen LogP contribution < -0.4 is 0 Å². The highest BCUT2D eigenvalue weighted by Gasteiger charge is 2.44. The van der Waals surface area contributed by atoms with Gasteiger partial charge in [0.05, 0.1) is 16.8 Å². The molecule has 1 rings (SSSR count). The molecule has 0 N–H and O–H groups in total. The zero-order valence-corrected chi connectivity index (χ0v) is 7.82. The van der Waals surface area contributed by atoms with Crippen molar-refractivity contribution in [3.63, 3.8) is 0 Å². The van der Waals surface area contributed by atoms with Gasteiger partial charge in [-0.05, 0) is 18.6 Å². The number of aryl methyl sites for hydroxylation is 1. The number of pyridine rings is 1. The highest BCUT2D eigenvalue weighted by molar-refractivity contribution is 7.54. The van der Waals surface area contributed by atoms with Crippen molar-refractivity contribution in [1.29, 1.82) is 0 Å². The molecule has 1 aromatic rings. The summed E-state index contributed by atoms with van der Waals surface area (Å²) in [6, 6.07) is 5.96. The van der Waals surface area contributed by atoms with Crippen molar-refractivity contribution >= 4 is 8.51 Å². The average Bonchev–Trinajstić information content (AvgIpc) is 2.03. The SMILES string of the molecule is CCc1ccccn1.F[P+](F)(F)F. The predicted molar refractivity (Wildman–Crippen MR) is 45.0 cm³/mol. The normalized spacial score (nSPS) is 10.2. The van der Waals surface area contributed by atoms with E-state index in [1.165, 1.54) is 0 Å². The number of halogens is 4. The third kappa shape index (κ3) is 11.3. The molecule has 0 amide bonds. The summed E-state index contributed by atoms with van der Waals surface area (Å²) in [6.45, 7) is 2.10. The Balaban J connectivity index is 0.000000252. The van der Waals surface area contributed by atoms with Gasteiger partial charge < -0.3 is 0 Å². The molecule has 0 aromatic carbocycles. The topological polar surface area (TPSA) is 12.9 Å². The molecule has 0 saturated carbocycles. The van der Waals surface area contributed by atoms with Gasteiger partial charge in [0.25, 0.3) is 0 Å². The Labute approximate surface area is 74.6 Å². The van der Waals surface area contributed by atoms with E-state index in [4.69, 9.17) is 0 Å². The summed E-state index contributed by atoms with van der Waals surface area (Å²) in [6.07, 6.45) is 2.85. The molecule has 0 bridgehead atoms. The second-order valence-electron chi connectivity index (χ2n) is 2.06. The van der Waals surface area contributed by atoms with Crippen LogP contribution in [0.5, 0.6) is 0 Å². The first-order valence-electron chi connectivity index (χ1n) is 3.51. The molecule has 0 saturated heterocycles. The first-order chi connectivity index (χ1) is 5.93. The Bertz CT molecular complexity index is 218. The summed E-state index contributed by atoms with van der Waals surface area (Å²) in [4.78, 5) is 4.10. The number of rotatable bonds is 1. The van der Waals surface area contributed by atoms with Gasteiger partial charge in [-0.2, -0.15) is 0 Å². The molecule has 0 aliphatic heterocycles. The zero-order valence-electron chi connectivity index (χ0n) is 6.92. The van der Waals surface area contributed by atoms with E-state index >= 15 is 0 Å². The molecule has 6 heteroatoms. The third-order valence-electron chi connectivity index (χ3n) is 1.09. The fourth-order valence-corrected chi connectivity index (χ4v) is 0.607. The largest absolute Gasteiger partial charge is 0.755 e. The number of nitrogens with zero attached hydrogens (tertiary/aromatic N) is 1. The molecule has 0 atom stereocenters. The maximum absolute atomic E-state index is 9.80. The molecular weight excluding hydrogens is 205 g/mol. The van der Waals surface area contributed by atoms with Crippen molar-refractivity contribution in [2.45, 2.75) is 13.3 Å². The van der Waals surface area contributed by atoms with Crippen molar-refractivity contribution in [3.8, 4) is 0 Å². The van der Waals surface area contributed by atoms with E-state index in [2.05, 4.69) is 11.9 Å². The minimum atomic E-state index is -6.39. The first kappa shape index (κ1) is 12.3. The van der Waals surface area contributed by atoms with Crippen LogP contribution in [0.1, 0.15) is 12.6 Å². The van der Waals surface area contributed by atoms with Crippen LogP contribution in [-0.4, -0.2) is 4.98 Å². The van der Waals surface area contributed by atoms with Gasteiger partial charge in [-0.25, -0.2) is 0 Å². The molecule has 1 heterocycles. The Morgan fingerprint density at radius 3 is 2.00 bits per heavy atom. The standard InChI is InChI=1S/C7H9N.F4P/c1-2-7-5-3-4-6-8-7;1-5(2,3)4/h3-6H,2H2,1H3;/q;+1. The summed E-state index contributed by atoms with van der Waals surface area (Å²) >= 11 is 0. The van der Waals surface area contributed by atoms with Gasteiger partial charge in [0.15, 0.2) is 0 Å². The van der Waals surface area contributed by atoms with Gasteiger partial charge in [-0.1, -0.05) is 13.0 Å². The van der Waals surface area contributed by atoms with Gasteiger partial charge in [0, 0.05) is 11.9 Å². The van der Waals surface area contributed by atoms with Crippen LogP contribution in [0.2, 0.25) is 0 Å². The van der Waals surface area contributed by atoms with Gasteiger partial charge in [-0.15, -0.1) is 0 Å². The molecule has 0 aliphatic carbocycles. The third-order valence-corrected chi connectivity index (χ3v) is 1.09.